The second kappa shape index (κ2) is 8.16. The lowest BCUT2D eigenvalue weighted by atomic mass is 9.95. The van der Waals surface area contributed by atoms with Crippen LogP contribution < -0.4 is 9.64 Å². The molecule has 2 aromatic heterocycles. The quantitative estimate of drug-likeness (QED) is 0.683. The summed E-state index contributed by atoms with van der Waals surface area (Å²) in [5, 5.41) is 10.7. The van der Waals surface area contributed by atoms with Crippen molar-refractivity contribution in [1.82, 2.24) is 19.9 Å². The molecule has 174 valence electrons. The monoisotopic (exact) mass is 469 g/mol. The molecule has 3 saturated heterocycles. The maximum atomic E-state index is 14.9. The molecule has 3 atom stereocenters. The Balaban J connectivity index is 1.51. The minimum absolute atomic E-state index is 0.00891. The van der Waals surface area contributed by atoms with Crippen molar-refractivity contribution < 1.29 is 23.4 Å². The lowest BCUT2D eigenvalue weighted by Crippen LogP contribution is -2.44. The molecule has 0 spiro atoms. The van der Waals surface area contributed by atoms with Gasteiger partial charge in [-0.15, -0.1) is 0 Å². The Morgan fingerprint density at radius 2 is 2.22 bits per heavy atom. The van der Waals surface area contributed by atoms with E-state index in [2.05, 4.69) is 19.9 Å². The smallest absolute Gasteiger partial charge is 0.319 e. The number of aliphatic hydroxyl groups is 1. The van der Waals surface area contributed by atoms with Crippen LogP contribution in [0.15, 0.2) is 6.20 Å². The summed E-state index contributed by atoms with van der Waals surface area (Å²) in [6, 6.07) is -0.0120. The maximum Gasteiger partial charge on any atom is 0.319 e. The van der Waals surface area contributed by atoms with Gasteiger partial charge in [-0.1, -0.05) is 11.6 Å². The third-order valence-corrected chi connectivity index (χ3v) is 6.84. The third-order valence-electron chi connectivity index (χ3n) is 6.58. The molecule has 8 nitrogen and oxygen atoms in total. The number of anilines is 1. The van der Waals surface area contributed by atoms with E-state index in [4.69, 9.17) is 21.1 Å². The largest absolute Gasteiger partial charge is 0.461 e. The van der Waals surface area contributed by atoms with E-state index in [9.17, 15) is 13.9 Å². The summed E-state index contributed by atoms with van der Waals surface area (Å²) >= 11 is 5.91. The standard InChI is InChI=1S/C21H26ClF2N5O3/c1-20(30)10-28(5-6-31-11-20)18-14-8-25-17(22)15(24)16(14)26-19(27-18)32-12-21-3-2-4-29(21)9-13(23)7-21/h8,13,30H,2-7,9-12H2,1H3/t13-,20+,21+/m1/s1. The molecule has 0 aliphatic carbocycles. The molecule has 0 bridgehead atoms. The van der Waals surface area contributed by atoms with Crippen LogP contribution in [0.3, 0.4) is 0 Å². The molecule has 3 fully saturated rings. The van der Waals surface area contributed by atoms with Crippen molar-refractivity contribution in [1.29, 1.82) is 0 Å². The van der Waals surface area contributed by atoms with Crippen molar-refractivity contribution in [2.75, 3.05) is 50.9 Å². The van der Waals surface area contributed by atoms with Crippen LogP contribution >= 0.6 is 11.6 Å². The molecule has 0 amide bonds. The van der Waals surface area contributed by atoms with Gasteiger partial charge in [0, 0.05) is 25.7 Å². The van der Waals surface area contributed by atoms with Crippen LogP contribution in [0.5, 0.6) is 6.01 Å². The minimum atomic E-state index is -1.11. The van der Waals surface area contributed by atoms with E-state index in [-0.39, 0.29) is 42.0 Å². The van der Waals surface area contributed by atoms with Crippen molar-refractivity contribution in [3.63, 3.8) is 0 Å². The van der Waals surface area contributed by atoms with Gasteiger partial charge >= 0.3 is 6.01 Å². The van der Waals surface area contributed by atoms with Crippen molar-refractivity contribution in [3.8, 4) is 6.01 Å². The average Bonchev–Trinajstić information content (AvgIpc) is 3.19. The summed E-state index contributed by atoms with van der Waals surface area (Å²) in [7, 11) is 0. The number of halogens is 3. The molecule has 1 N–H and O–H groups in total. The molecule has 0 radical (unpaired) electrons. The van der Waals surface area contributed by atoms with Crippen LogP contribution in [0.2, 0.25) is 5.15 Å². The van der Waals surface area contributed by atoms with Crippen LogP contribution in [-0.2, 0) is 4.74 Å². The second-order valence-electron chi connectivity index (χ2n) is 9.29. The number of rotatable bonds is 4. The number of nitrogens with zero attached hydrogens (tertiary/aromatic N) is 5. The summed E-state index contributed by atoms with van der Waals surface area (Å²) in [5.41, 5.74) is -1.51. The predicted molar refractivity (Wildman–Crippen MR) is 115 cm³/mol. The van der Waals surface area contributed by atoms with E-state index in [1.54, 1.807) is 6.92 Å². The van der Waals surface area contributed by atoms with E-state index < -0.39 is 17.6 Å². The van der Waals surface area contributed by atoms with Gasteiger partial charge < -0.3 is 19.5 Å². The lowest BCUT2D eigenvalue weighted by molar-refractivity contribution is -0.0123. The van der Waals surface area contributed by atoms with Crippen molar-refractivity contribution in [2.45, 2.75) is 43.5 Å². The van der Waals surface area contributed by atoms with Gasteiger partial charge in [0.05, 0.1) is 30.7 Å². The molecular weight excluding hydrogens is 444 g/mol. The number of hydrogen-bond donors (Lipinski definition) is 1. The van der Waals surface area contributed by atoms with E-state index >= 15 is 0 Å². The Morgan fingerprint density at radius 1 is 1.38 bits per heavy atom. The first-order valence-corrected chi connectivity index (χ1v) is 11.2. The maximum absolute atomic E-state index is 14.9. The number of ether oxygens (including phenoxy) is 2. The van der Waals surface area contributed by atoms with Crippen LogP contribution in [0, 0.1) is 5.82 Å². The molecule has 0 saturated carbocycles. The second-order valence-corrected chi connectivity index (χ2v) is 9.65. The molecular formula is C21H26ClF2N5O3. The van der Waals surface area contributed by atoms with Crippen molar-refractivity contribution >= 4 is 28.3 Å². The first-order valence-electron chi connectivity index (χ1n) is 10.9. The number of fused-ring (bicyclic) bond motifs is 2. The van der Waals surface area contributed by atoms with Gasteiger partial charge in [-0.3, -0.25) is 4.90 Å². The summed E-state index contributed by atoms with van der Waals surface area (Å²) in [5.74, 6) is -0.379. The fraction of sp³-hybridized carbons (Fsp3) is 0.667. The normalized spacial score (nSPS) is 31.2. The molecule has 3 aliphatic heterocycles. The van der Waals surface area contributed by atoms with Crippen LogP contribution in [0.4, 0.5) is 14.6 Å². The van der Waals surface area contributed by atoms with Crippen LogP contribution in [0.25, 0.3) is 10.9 Å². The number of pyridine rings is 1. The highest BCUT2D eigenvalue weighted by Gasteiger charge is 2.49. The van der Waals surface area contributed by atoms with E-state index in [0.717, 1.165) is 19.4 Å². The predicted octanol–water partition coefficient (Wildman–Crippen LogP) is 2.36. The Hall–Kier alpha value is -1.88. The highest BCUT2D eigenvalue weighted by atomic mass is 35.5. The van der Waals surface area contributed by atoms with Gasteiger partial charge in [0.15, 0.2) is 11.0 Å². The molecule has 3 aliphatic rings. The van der Waals surface area contributed by atoms with Gasteiger partial charge in [0.1, 0.15) is 29.7 Å². The van der Waals surface area contributed by atoms with E-state index in [1.807, 2.05) is 4.90 Å². The zero-order chi connectivity index (χ0) is 22.5. The fourth-order valence-electron chi connectivity index (χ4n) is 5.14. The number of alkyl halides is 1. The summed E-state index contributed by atoms with van der Waals surface area (Å²) in [6.07, 6.45) is 2.77. The van der Waals surface area contributed by atoms with E-state index in [1.165, 1.54) is 6.20 Å². The Bertz CT molecular complexity index is 1030. The Kier molecular flexibility index (Phi) is 5.59. The number of β-amino-alcohol motifs (C(OH)–C–C–N with tert-alkyl or cyclic N) is 1. The highest BCUT2D eigenvalue weighted by Crippen LogP contribution is 2.40. The molecule has 11 heteroatoms. The first-order chi connectivity index (χ1) is 15.3. The van der Waals surface area contributed by atoms with Gasteiger partial charge in [0.2, 0.25) is 0 Å². The van der Waals surface area contributed by atoms with Crippen LogP contribution in [-0.4, -0.2) is 88.3 Å². The van der Waals surface area contributed by atoms with Crippen molar-refractivity contribution in [3.05, 3.63) is 17.2 Å². The lowest BCUT2D eigenvalue weighted by Gasteiger charge is -2.31. The summed E-state index contributed by atoms with van der Waals surface area (Å²) < 4.78 is 40.5. The Morgan fingerprint density at radius 3 is 3.06 bits per heavy atom. The zero-order valence-electron chi connectivity index (χ0n) is 17.9. The summed E-state index contributed by atoms with van der Waals surface area (Å²) in [4.78, 5) is 16.7. The molecule has 0 unspecified atom stereocenters. The van der Waals surface area contributed by atoms with Gasteiger partial charge in [-0.05, 0) is 26.3 Å². The SMILES string of the molecule is C[C@@]1(O)COCCN(c2nc(OC[C@@]34CCCN3C[C@H](F)C4)nc3c(F)c(Cl)ncc23)C1. The average molecular weight is 470 g/mol. The molecule has 5 rings (SSSR count). The van der Waals surface area contributed by atoms with Crippen molar-refractivity contribution in [2.24, 2.45) is 0 Å². The summed E-state index contributed by atoms with van der Waals surface area (Å²) in [6.45, 7) is 4.35. The van der Waals surface area contributed by atoms with E-state index in [0.29, 0.717) is 37.3 Å². The first kappa shape index (κ1) is 21.9. The highest BCUT2D eigenvalue weighted by molar-refractivity contribution is 6.30. The molecule has 2 aromatic rings. The van der Waals surface area contributed by atoms with Crippen LogP contribution in [0.1, 0.15) is 26.2 Å². The molecule has 0 aromatic carbocycles. The van der Waals surface area contributed by atoms with Gasteiger partial charge in [-0.25, -0.2) is 13.8 Å². The molecule has 5 heterocycles. The van der Waals surface area contributed by atoms with Gasteiger partial charge in [-0.2, -0.15) is 9.97 Å². The Labute approximate surface area is 189 Å². The minimum Gasteiger partial charge on any atom is -0.461 e. The zero-order valence-corrected chi connectivity index (χ0v) is 18.6. The topological polar surface area (TPSA) is 83.8 Å². The van der Waals surface area contributed by atoms with Gasteiger partial charge in [0.25, 0.3) is 0 Å². The number of hydrogen-bond acceptors (Lipinski definition) is 8. The third kappa shape index (κ3) is 3.98. The number of aromatic nitrogens is 3. The fourth-order valence-corrected chi connectivity index (χ4v) is 5.27. The molecule has 32 heavy (non-hydrogen) atoms.